The summed E-state index contributed by atoms with van der Waals surface area (Å²) in [5, 5.41) is 3.87. The van der Waals surface area contributed by atoms with Gasteiger partial charge in [-0.25, -0.2) is 0 Å². The molecule has 20 heavy (non-hydrogen) atoms. The first-order valence-corrected chi connectivity index (χ1v) is 8.36. The van der Waals surface area contributed by atoms with E-state index in [1.54, 1.807) is 0 Å². The minimum atomic E-state index is 0. The van der Waals surface area contributed by atoms with E-state index in [4.69, 9.17) is 0 Å². The fraction of sp³-hybridized carbons (Fsp3) is 0.667. The molecular formula is C18H30N2. The molecule has 1 aliphatic carbocycles. The predicted octanol–water partition coefficient (Wildman–Crippen LogP) is 3.64. The molecule has 2 atom stereocenters. The van der Waals surface area contributed by atoms with Crippen molar-refractivity contribution in [2.75, 3.05) is 26.2 Å². The molecule has 2 nitrogen and oxygen atoms in total. The lowest BCUT2D eigenvalue weighted by Gasteiger charge is -2.27. The Bertz CT molecular complexity index is 416. The van der Waals surface area contributed by atoms with E-state index >= 15 is 0 Å². The largest absolute Gasteiger partial charge is 0.309 e. The Morgan fingerprint density at radius 1 is 1.20 bits per heavy atom. The Balaban J connectivity index is 0.00000161. The third-order valence-electron chi connectivity index (χ3n) is 5.26. The summed E-state index contributed by atoms with van der Waals surface area (Å²) in [7, 11) is 0. The van der Waals surface area contributed by atoms with Crippen LogP contribution < -0.4 is 5.32 Å². The molecule has 0 spiro atoms. The molecule has 2 heteroatoms. The van der Waals surface area contributed by atoms with Crippen molar-refractivity contribution in [1.82, 2.24) is 10.2 Å². The Morgan fingerprint density at radius 3 is 2.65 bits per heavy atom. The Hall–Kier alpha value is -0.860. The first-order chi connectivity index (χ1) is 9.84. The summed E-state index contributed by atoms with van der Waals surface area (Å²) in [5.74, 6) is 0.732. The summed E-state index contributed by atoms with van der Waals surface area (Å²) in [4.78, 5) is 2.62. The number of piperidine rings is 1. The quantitative estimate of drug-likeness (QED) is 0.852. The lowest BCUT2D eigenvalue weighted by Crippen LogP contribution is -2.40. The van der Waals surface area contributed by atoms with E-state index in [9.17, 15) is 0 Å². The van der Waals surface area contributed by atoms with Gasteiger partial charge in [0, 0.05) is 26.0 Å². The third kappa shape index (κ3) is 3.07. The molecule has 2 aliphatic rings. The molecule has 0 aromatic heterocycles. The summed E-state index contributed by atoms with van der Waals surface area (Å²) in [6.07, 6.45) is 6.77. The number of nitrogens with one attached hydrogen (secondary N) is 1. The van der Waals surface area contributed by atoms with Crippen molar-refractivity contribution in [2.45, 2.75) is 50.5 Å². The van der Waals surface area contributed by atoms with Gasteiger partial charge in [0.15, 0.2) is 0 Å². The molecule has 0 bridgehead atoms. The van der Waals surface area contributed by atoms with Gasteiger partial charge in [-0.3, -0.25) is 0 Å². The Kier molecular flexibility index (Phi) is 4.42. The number of hydrogen-bond donors (Lipinski definition) is 1. The molecule has 1 aromatic rings. The van der Waals surface area contributed by atoms with E-state index < -0.39 is 0 Å². The zero-order valence-electron chi connectivity index (χ0n) is 12.8. The van der Waals surface area contributed by atoms with Crippen LogP contribution in [0.4, 0.5) is 0 Å². The van der Waals surface area contributed by atoms with Gasteiger partial charge < -0.3 is 10.2 Å². The van der Waals surface area contributed by atoms with Crippen LogP contribution in [0.5, 0.6) is 0 Å². The van der Waals surface area contributed by atoms with Crippen molar-refractivity contribution in [2.24, 2.45) is 0 Å². The minimum Gasteiger partial charge on any atom is -0.309 e. The molecule has 1 heterocycles. The molecule has 0 unspecified atom stereocenters. The predicted molar refractivity (Wildman–Crippen MR) is 87.2 cm³/mol. The number of hydrogen-bond acceptors (Lipinski definition) is 2. The van der Waals surface area contributed by atoms with E-state index in [0.29, 0.717) is 5.54 Å². The molecule has 1 saturated carbocycles. The van der Waals surface area contributed by atoms with Crippen molar-refractivity contribution in [3.05, 3.63) is 35.9 Å². The van der Waals surface area contributed by atoms with Crippen molar-refractivity contribution >= 4 is 0 Å². The maximum absolute atomic E-state index is 3.87. The highest BCUT2D eigenvalue weighted by Crippen LogP contribution is 2.53. The number of nitrogens with zero attached hydrogens (tertiary/aromatic N) is 1. The van der Waals surface area contributed by atoms with Gasteiger partial charge in [0.05, 0.1) is 0 Å². The summed E-state index contributed by atoms with van der Waals surface area (Å²) in [6, 6.07) is 11.0. The van der Waals surface area contributed by atoms with E-state index in [0.717, 1.165) is 12.5 Å². The third-order valence-corrected chi connectivity index (χ3v) is 5.26. The van der Waals surface area contributed by atoms with Crippen molar-refractivity contribution in [1.29, 1.82) is 0 Å². The second-order valence-electron chi connectivity index (χ2n) is 6.51. The summed E-state index contributed by atoms with van der Waals surface area (Å²) in [5.41, 5.74) is 1.90. The zero-order valence-corrected chi connectivity index (χ0v) is 12.8. The fourth-order valence-corrected chi connectivity index (χ4v) is 3.78. The molecule has 2 fully saturated rings. The smallest absolute Gasteiger partial charge is 0.0255 e. The van der Waals surface area contributed by atoms with Crippen LogP contribution in [0, 0.1) is 0 Å². The monoisotopic (exact) mass is 274 g/mol. The van der Waals surface area contributed by atoms with Gasteiger partial charge in [0.2, 0.25) is 0 Å². The van der Waals surface area contributed by atoms with Gasteiger partial charge in [0.1, 0.15) is 0 Å². The van der Waals surface area contributed by atoms with E-state index in [2.05, 4.69) is 47.5 Å². The van der Waals surface area contributed by atoms with E-state index in [1.807, 2.05) is 0 Å². The van der Waals surface area contributed by atoms with Gasteiger partial charge in [-0.15, -0.1) is 0 Å². The molecule has 1 aromatic carbocycles. The van der Waals surface area contributed by atoms with Crippen LogP contribution in [0.15, 0.2) is 30.3 Å². The minimum absolute atomic E-state index is 0. The van der Waals surface area contributed by atoms with Gasteiger partial charge in [-0.2, -0.15) is 0 Å². The Morgan fingerprint density at radius 2 is 1.95 bits per heavy atom. The highest BCUT2D eigenvalue weighted by Gasteiger charge is 2.52. The topological polar surface area (TPSA) is 15.3 Å². The molecule has 1 aliphatic heterocycles. The highest BCUT2D eigenvalue weighted by molar-refractivity contribution is 5.33. The Labute approximate surface area is 125 Å². The summed E-state index contributed by atoms with van der Waals surface area (Å²) < 4.78 is 0. The number of likely N-dealkylation sites (tertiary alicyclic amines) is 1. The first-order valence-electron chi connectivity index (χ1n) is 8.36. The van der Waals surface area contributed by atoms with Gasteiger partial charge in [0.25, 0.3) is 0 Å². The maximum Gasteiger partial charge on any atom is 0.0255 e. The van der Waals surface area contributed by atoms with Crippen LogP contribution >= 0.6 is 0 Å². The van der Waals surface area contributed by atoms with Crippen LogP contribution in [0.2, 0.25) is 0 Å². The lowest BCUT2D eigenvalue weighted by molar-refractivity contribution is 0.224. The van der Waals surface area contributed by atoms with Crippen molar-refractivity contribution in [3.8, 4) is 0 Å². The van der Waals surface area contributed by atoms with E-state index in [-0.39, 0.29) is 1.43 Å². The molecule has 0 amide bonds. The molecule has 1 N–H and O–H groups in total. The van der Waals surface area contributed by atoms with Crippen molar-refractivity contribution < 1.29 is 1.43 Å². The summed E-state index contributed by atoms with van der Waals surface area (Å²) >= 11 is 0. The van der Waals surface area contributed by atoms with Crippen LogP contribution in [-0.2, 0) is 0 Å². The maximum atomic E-state index is 3.87. The van der Waals surface area contributed by atoms with Gasteiger partial charge >= 0.3 is 0 Å². The molecule has 3 rings (SSSR count). The molecule has 1 saturated heterocycles. The fourth-order valence-electron chi connectivity index (χ4n) is 3.78. The van der Waals surface area contributed by atoms with Crippen LogP contribution in [0.1, 0.15) is 51.9 Å². The van der Waals surface area contributed by atoms with E-state index in [1.165, 1.54) is 57.3 Å². The zero-order chi connectivity index (χ0) is 13.8. The molecular weight excluding hydrogens is 244 g/mol. The normalized spacial score (nSPS) is 30.4. The number of benzene rings is 1. The van der Waals surface area contributed by atoms with Gasteiger partial charge in [-0.1, -0.05) is 43.7 Å². The first kappa shape index (κ1) is 14.1. The van der Waals surface area contributed by atoms with Crippen LogP contribution in [0.25, 0.3) is 0 Å². The average Bonchev–Trinajstić information content (AvgIpc) is 3.24. The van der Waals surface area contributed by atoms with Crippen LogP contribution in [0.3, 0.4) is 0 Å². The SMILES string of the molecule is CC[C@@]1(NCCN2CCCCC2)C[C@H]1c1ccccc1.[HH]. The lowest BCUT2D eigenvalue weighted by atomic mass is 10.0. The summed E-state index contributed by atoms with van der Waals surface area (Å²) in [6.45, 7) is 7.32. The van der Waals surface area contributed by atoms with Crippen LogP contribution in [-0.4, -0.2) is 36.6 Å². The second-order valence-corrected chi connectivity index (χ2v) is 6.51. The molecule has 0 radical (unpaired) electrons. The van der Waals surface area contributed by atoms with Crippen molar-refractivity contribution in [3.63, 3.8) is 0 Å². The number of rotatable bonds is 6. The molecule has 112 valence electrons. The highest BCUT2D eigenvalue weighted by atomic mass is 15.2. The average molecular weight is 274 g/mol. The standard InChI is InChI=1S/C18H28N2.H2/c1-2-18(15-17(18)16-9-5-3-6-10-16)19-11-14-20-12-7-4-8-13-20;/h3,5-6,9-10,17,19H,2,4,7-8,11-15H2,1H3;1H/t17-,18+;/m0./s1. The van der Waals surface area contributed by atoms with Gasteiger partial charge in [-0.05, 0) is 44.3 Å². The second kappa shape index (κ2) is 6.28.